The Kier molecular flexibility index (Phi) is 3.84. The Bertz CT molecular complexity index is 534. The minimum atomic E-state index is 0.632. The van der Waals surface area contributed by atoms with Gasteiger partial charge >= 0.3 is 0 Å². The molecule has 2 N–H and O–H groups in total. The maximum atomic E-state index is 5.68. The summed E-state index contributed by atoms with van der Waals surface area (Å²) in [6.07, 6.45) is 1.94. The summed E-state index contributed by atoms with van der Waals surface area (Å²) in [5.41, 5.74) is 10.8. The van der Waals surface area contributed by atoms with E-state index in [0.29, 0.717) is 5.13 Å². The summed E-state index contributed by atoms with van der Waals surface area (Å²) in [5.74, 6) is 0. The number of hydrogen-bond acceptors (Lipinski definition) is 3. The predicted octanol–water partition coefficient (Wildman–Crippen LogP) is 3.89. The second-order valence-corrected chi connectivity index (χ2v) is 6.55. The van der Waals surface area contributed by atoms with Crippen LogP contribution in [0.1, 0.15) is 22.4 Å². The molecule has 0 aliphatic heterocycles. The number of nitrogens with zero attached hydrogens (tertiary/aromatic N) is 1. The molecule has 4 heteroatoms. The number of halogens is 1. The summed E-state index contributed by atoms with van der Waals surface area (Å²) in [7, 11) is 0. The van der Waals surface area contributed by atoms with Gasteiger partial charge in [0.25, 0.3) is 0 Å². The average Bonchev–Trinajstić information content (AvgIpc) is 2.56. The van der Waals surface area contributed by atoms with Gasteiger partial charge in [0, 0.05) is 0 Å². The number of rotatable bonds is 3. The van der Waals surface area contributed by atoms with E-state index in [9.17, 15) is 0 Å². The fourth-order valence-corrected chi connectivity index (χ4v) is 3.27. The van der Waals surface area contributed by atoms with Crippen molar-refractivity contribution in [2.75, 3.05) is 5.73 Å². The summed E-state index contributed by atoms with van der Waals surface area (Å²) >= 11 is 4.99. The summed E-state index contributed by atoms with van der Waals surface area (Å²) in [5, 5.41) is 0.632. The molecular weight excluding hydrogens is 296 g/mol. The molecule has 0 atom stereocenters. The first-order valence-electron chi connectivity index (χ1n) is 5.53. The van der Waals surface area contributed by atoms with Crippen molar-refractivity contribution in [1.29, 1.82) is 0 Å². The van der Waals surface area contributed by atoms with Crippen molar-refractivity contribution >= 4 is 32.4 Å². The Balaban J connectivity index is 2.10. The molecule has 2 aromatic rings. The van der Waals surface area contributed by atoms with Crippen LogP contribution < -0.4 is 5.73 Å². The van der Waals surface area contributed by atoms with Crippen LogP contribution in [0.4, 0.5) is 5.13 Å². The lowest BCUT2D eigenvalue weighted by Gasteiger charge is -2.05. The van der Waals surface area contributed by atoms with Crippen molar-refractivity contribution in [3.05, 3.63) is 44.4 Å². The van der Waals surface area contributed by atoms with Gasteiger partial charge in [0.15, 0.2) is 5.13 Å². The number of benzene rings is 1. The molecule has 2 nitrogen and oxygen atoms in total. The Morgan fingerprint density at radius 2 is 2.06 bits per heavy atom. The molecule has 0 amide bonds. The Hall–Kier alpha value is -0.870. The highest BCUT2D eigenvalue weighted by atomic mass is 79.9. The lowest BCUT2D eigenvalue weighted by molar-refractivity contribution is 0.913. The van der Waals surface area contributed by atoms with Crippen molar-refractivity contribution < 1.29 is 0 Å². The average molecular weight is 311 g/mol. The number of aromatic nitrogens is 1. The molecule has 2 rings (SSSR count). The largest absolute Gasteiger partial charge is 0.375 e. The van der Waals surface area contributed by atoms with Gasteiger partial charge in [-0.25, -0.2) is 4.98 Å². The number of thiazole rings is 1. The molecule has 0 saturated carbocycles. The zero-order valence-corrected chi connectivity index (χ0v) is 12.4. The highest BCUT2D eigenvalue weighted by Gasteiger charge is 2.07. The normalized spacial score (nSPS) is 10.8. The highest BCUT2D eigenvalue weighted by molar-refractivity contribution is 9.11. The maximum Gasteiger partial charge on any atom is 0.181 e. The van der Waals surface area contributed by atoms with E-state index in [1.807, 2.05) is 0 Å². The first-order valence-corrected chi connectivity index (χ1v) is 7.14. The van der Waals surface area contributed by atoms with E-state index in [0.717, 1.165) is 22.3 Å². The summed E-state index contributed by atoms with van der Waals surface area (Å²) < 4.78 is 1.06. The van der Waals surface area contributed by atoms with Crippen molar-refractivity contribution in [3.63, 3.8) is 0 Å². The third kappa shape index (κ3) is 3.07. The molecule has 0 spiro atoms. The van der Waals surface area contributed by atoms with Gasteiger partial charge in [-0.1, -0.05) is 35.1 Å². The van der Waals surface area contributed by atoms with E-state index in [4.69, 9.17) is 5.73 Å². The predicted molar refractivity (Wildman–Crippen MR) is 77.6 cm³/mol. The third-order valence-corrected chi connectivity index (χ3v) is 4.45. The monoisotopic (exact) mass is 310 g/mol. The molecule has 0 bridgehead atoms. The second kappa shape index (κ2) is 5.19. The van der Waals surface area contributed by atoms with E-state index in [-0.39, 0.29) is 0 Å². The first kappa shape index (κ1) is 12.6. The molecule has 90 valence electrons. The topological polar surface area (TPSA) is 38.9 Å². The van der Waals surface area contributed by atoms with Gasteiger partial charge < -0.3 is 5.73 Å². The smallest absolute Gasteiger partial charge is 0.181 e. The van der Waals surface area contributed by atoms with Gasteiger partial charge in [-0.2, -0.15) is 0 Å². The molecule has 0 aliphatic carbocycles. The SMILES string of the molecule is Cc1ccc(CCc2nc(N)sc2Br)c(C)c1. The minimum Gasteiger partial charge on any atom is -0.375 e. The number of nitrogen functional groups attached to an aromatic ring is 1. The lowest BCUT2D eigenvalue weighted by atomic mass is 10.0. The van der Waals surface area contributed by atoms with Gasteiger partial charge in [-0.15, -0.1) is 0 Å². The van der Waals surface area contributed by atoms with Gasteiger partial charge in [-0.05, 0) is 53.7 Å². The molecule has 1 heterocycles. The van der Waals surface area contributed by atoms with Crippen LogP contribution in [0.25, 0.3) is 0 Å². The van der Waals surface area contributed by atoms with Crippen molar-refractivity contribution in [1.82, 2.24) is 4.98 Å². The molecule has 1 aromatic heterocycles. The van der Waals surface area contributed by atoms with Crippen LogP contribution in [0.15, 0.2) is 22.0 Å². The molecule has 1 aromatic carbocycles. The number of hydrogen-bond donors (Lipinski definition) is 1. The van der Waals surface area contributed by atoms with Crippen LogP contribution in [0, 0.1) is 13.8 Å². The van der Waals surface area contributed by atoms with Gasteiger partial charge in [0.1, 0.15) is 0 Å². The molecule has 17 heavy (non-hydrogen) atoms. The highest BCUT2D eigenvalue weighted by Crippen LogP contribution is 2.27. The maximum absolute atomic E-state index is 5.68. The van der Waals surface area contributed by atoms with Crippen molar-refractivity contribution in [3.8, 4) is 0 Å². The van der Waals surface area contributed by atoms with Crippen LogP contribution in [0.3, 0.4) is 0 Å². The Morgan fingerprint density at radius 3 is 2.65 bits per heavy atom. The molecular formula is C13H15BrN2S. The summed E-state index contributed by atoms with van der Waals surface area (Å²) in [6.45, 7) is 4.28. The second-order valence-electron chi connectivity index (χ2n) is 4.20. The van der Waals surface area contributed by atoms with E-state index in [1.54, 1.807) is 0 Å². The summed E-state index contributed by atoms with van der Waals surface area (Å²) in [6, 6.07) is 6.58. The van der Waals surface area contributed by atoms with Crippen LogP contribution in [-0.2, 0) is 12.8 Å². The molecule has 0 unspecified atom stereocenters. The zero-order chi connectivity index (χ0) is 12.4. The van der Waals surface area contributed by atoms with Crippen LogP contribution in [0.2, 0.25) is 0 Å². The van der Waals surface area contributed by atoms with Crippen molar-refractivity contribution in [2.24, 2.45) is 0 Å². The quantitative estimate of drug-likeness (QED) is 0.934. The van der Waals surface area contributed by atoms with E-state index in [1.165, 1.54) is 28.0 Å². The van der Waals surface area contributed by atoms with Crippen molar-refractivity contribution in [2.45, 2.75) is 26.7 Å². The fraction of sp³-hybridized carbons (Fsp3) is 0.308. The van der Waals surface area contributed by atoms with Crippen LogP contribution in [0.5, 0.6) is 0 Å². The standard InChI is InChI=1S/C13H15BrN2S/c1-8-3-4-10(9(2)7-8)5-6-11-12(14)17-13(15)16-11/h3-4,7H,5-6H2,1-2H3,(H2,15,16). The molecule has 0 aliphatic rings. The third-order valence-electron chi connectivity index (χ3n) is 2.80. The molecule has 0 fully saturated rings. The van der Waals surface area contributed by atoms with Gasteiger partial charge in [0.05, 0.1) is 9.48 Å². The van der Waals surface area contributed by atoms with E-state index in [2.05, 4.69) is 53.0 Å². The van der Waals surface area contributed by atoms with E-state index < -0.39 is 0 Å². The summed E-state index contributed by atoms with van der Waals surface area (Å²) in [4.78, 5) is 4.32. The molecule has 0 saturated heterocycles. The van der Waals surface area contributed by atoms with E-state index >= 15 is 0 Å². The Morgan fingerprint density at radius 1 is 1.29 bits per heavy atom. The minimum absolute atomic E-state index is 0.632. The Labute approximate surface area is 114 Å². The number of nitrogens with two attached hydrogens (primary N) is 1. The number of anilines is 1. The number of aryl methyl sites for hydroxylation is 4. The van der Waals surface area contributed by atoms with Gasteiger partial charge in [-0.3, -0.25) is 0 Å². The van der Waals surface area contributed by atoms with Crippen LogP contribution in [-0.4, -0.2) is 4.98 Å². The van der Waals surface area contributed by atoms with Crippen LogP contribution >= 0.6 is 27.3 Å². The lowest BCUT2D eigenvalue weighted by Crippen LogP contribution is -1.96. The molecule has 0 radical (unpaired) electrons. The van der Waals surface area contributed by atoms with Gasteiger partial charge in [0.2, 0.25) is 0 Å². The zero-order valence-electron chi connectivity index (χ0n) is 9.96. The first-order chi connectivity index (χ1) is 8.06. The fourth-order valence-electron chi connectivity index (χ4n) is 1.88.